The molecular weight excluding hydrogens is 293 g/mol. The Bertz CT molecular complexity index is 572. The molecule has 2 nitrogen and oxygen atoms in total. The maximum Gasteiger partial charge on any atom is 0.139 e. The monoisotopic (exact) mass is 309 g/mol. The Balaban J connectivity index is 2.01. The summed E-state index contributed by atoms with van der Waals surface area (Å²) in [6.07, 6.45) is 0. The molecule has 0 amide bonds. The van der Waals surface area contributed by atoms with Gasteiger partial charge in [-0.3, -0.25) is 0 Å². The highest BCUT2D eigenvalue weighted by molar-refractivity contribution is 6.34. The number of benzene rings is 2. The molecule has 0 bridgehead atoms. The van der Waals surface area contributed by atoms with Crippen molar-refractivity contribution in [3.63, 3.8) is 0 Å². The third-order valence-electron chi connectivity index (χ3n) is 2.86. The zero-order valence-electron chi connectivity index (χ0n) is 11.3. The molecule has 0 saturated heterocycles. The summed E-state index contributed by atoms with van der Waals surface area (Å²) in [7, 11) is 0. The van der Waals surface area contributed by atoms with Gasteiger partial charge in [-0.25, -0.2) is 0 Å². The van der Waals surface area contributed by atoms with Crippen LogP contribution in [-0.2, 0) is 13.2 Å². The van der Waals surface area contributed by atoms with E-state index in [-0.39, 0.29) is 0 Å². The molecule has 0 saturated carbocycles. The SMILES string of the molecule is CCNCc1cccc(COc2cc(Cl)ccc2Cl)c1. The van der Waals surface area contributed by atoms with Crippen LogP contribution in [0.2, 0.25) is 10.0 Å². The van der Waals surface area contributed by atoms with Crippen molar-refractivity contribution in [3.05, 3.63) is 63.6 Å². The van der Waals surface area contributed by atoms with Crippen molar-refractivity contribution < 1.29 is 4.74 Å². The van der Waals surface area contributed by atoms with E-state index >= 15 is 0 Å². The molecule has 0 radical (unpaired) electrons. The third-order valence-corrected chi connectivity index (χ3v) is 3.41. The van der Waals surface area contributed by atoms with Crippen LogP contribution < -0.4 is 10.1 Å². The first-order valence-electron chi connectivity index (χ1n) is 6.55. The minimum atomic E-state index is 0.472. The average Bonchev–Trinajstić information content (AvgIpc) is 2.46. The van der Waals surface area contributed by atoms with Crippen LogP contribution in [0.3, 0.4) is 0 Å². The summed E-state index contributed by atoms with van der Waals surface area (Å²) in [6, 6.07) is 13.5. The fourth-order valence-electron chi connectivity index (χ4n) is 1.85. The molecule has 0 aliphatic carbocycles. The fourth-order valence-corrected chi connectivity index (χ4v) is 2.18. The quantitative estimate of drug-likeness (QED) is 0.836. The highest BCUT2D eigenvalue weighted by atomic mass is 35.5. The van der Waals surface area contributed by atoms with Crippen molar-refractivity contribution in [2.45, 2.75) is 20.1 Å². The van der Waals surface area contributed by atoms with Crippen LogP contribution in [0.4, 0.5) is 0 Å². The van der Waals surface area contributed by atoms with E-state index in [4.69, 9.17) is 27.9 Å². The molecule has 0 heterocycles. The van der Waals surface area contributed by atoms with Crippen LogP contribution in [0, 0.1) is 0 Å². The predicted molar refractivity (Wildman–Crippen MR) is 84.6 cm³/mol. The smallest absolute Gasteiger partial charge is 0.139 e. The third kappa shape index (κ3) is 4.41. The van der Waals surface area contributed by atoms with Gasteiger partial charge in [0.1, 0.15) is 12.4 Å². The maximum absolute atomic E-state index is 6.07. The van der Waals surface area contributed by atoms with Crippen molar-refractivity contribution in [1.82, 2.24) is 5.32 Å². The van der Waals surface area contributed by atoms with E-state index in [0.717, 1.165) is 18.7 Å². The second-order valence-corrected chi connectivity index (χ2v) is 5.31. The minimum absolute atomic E-state index is 0.472. The van der Waals surface area contributed by atoms with Gasteiger partial charge >= 0.3 is 0 Å². The molecule has 0 aromatic heterocycles. The van der Waals surface area contributed by atoms with Crippen LogP contribution in [-0.4, -0.2) is 6.54 Å². The lowest BCUT2D eigenvalue weighted by molar-refractivity contribution is 0.306. The van der Waals surface area contributed by atoms with E-state index in [9.17, 15) is 0 Å². The zero-order chi connectivity index (χ0) is 14.4. The first kappa shape index (κ1) is 15.2. The number of nitrogens with one attached hydrogen (secondary N) is 1. The molecule has 106 valence electrons. The Morgan fingerprint density at radius 2 is 1.85 bits per heavy atom. The van der Waals surface area contributed by atoms with Gasteiger partial charge in [0.15, 0.2) is 0 Å². The average molecular weight is 310 g/mol. The van der Waals surface area contributed by atoms with Crippen molar-refractivity contribution in [2.75, 3.05) is 6.54 Å². The normalized spacial score (nSPS) is 10.6. The number of hydrogen-bond donors (Lipinski definition) is 1. The van der Waals surface area contributed by atoms with E-state index in [1.54, 1.807) is 18.2 Å². The lowest BCUT2D eigenvalue weighted by Gasteiger charge is -2.10. The molecule has 0 fully saturated rings. The van der Waals surface area contributed by atoms with Crippen molar-refractivity contribution in [3.8, 4) is 5.75 Å². The van der Waals surface area contributed by atoms with Gasteiger partial charge in [-0.1, -0.05) is 54.4 Å². The van der Waals surface area contributed by atoms with Gasteiger partial charge in [0.25, 0.3) is 0 Å². The van der Waals surface area contributed by atoms with Crippen molar-refractivity contribution in [2.24, 2.45) is 0 Å². The molecule has 2 aromatic rings. The maximum atomic E-state index is 6.07. The summed E-state index contributed by atoms with van der Waals surface area (Å²) in [5, 5.41) is 4.49. The second-order valence-electron chi connectivity index (χ2n) is 4.46. The topological polar surface area (TPSA) is 21.3 Å². The number of halogens is 2. The Morgan fingerprint density at radius 1 is 1.05 bits per heavy atom. The summed E-state index contributed by atoms with van der Waals surface area (Å²) < 4.78 is 5.73. The van der Waals surface area contributed by atoms with Gasteiger partial charge in [0.2, 0.25) is 0 Å². The summed E-state index contributed by atoms with van der Waals surface area (Å²) in [6.45, 7) is 4.38. The van der Waals surface area contributed by atoms with Crippen LogP contribution in [0.15, 0.2) is 42.5 Å². The van der Waals surface area contributed by atoms with Crippen molar-refractivity contribution >= 4 is 23.2 Å². The van der Waals surface area contributed by atoms with Crippen LogP contribution in [0.25, 0.3) is 0 Å². The molecule has 4 heteroatoms. The molecule has 0 aliphatic heterocycles. The van der Waals surface area contributed by atoms with E-state index in [0.29, 0.717) is 22.4 Å². The van der Waals surface area contributed by atoms with E-state index in [1.807, 2.05) is 12.1 Å². The van der Waals surface area contributed by atoms with Gasteiger partial charge in [-0.2, -0.15) is 0 Å². The second kappa shape index (κ2) is 7.53. The molecule has 2 aromatic carbocycles. The number of hydrogen-bond acceptors (Lipinski definition) is 2. The summed E-state index contributed by atoms with van der Waals surface area (Å²) >= 11 is 12.0. The van der Waals surface area contributed by atoms with E-state index in [1.165, 1.54) is 5.56 Å². The van der Waals surface area contributed by atoms with Crippen LogP contribution in [0.5, 0.6) is 5.75 Å². The molecule has 0 aliphatic rings. The van der Waals surface area contributed by atoms with E-state index < -0.39 is 0 Å². The van der Waals surface area contributed by atoms with Gasteiger partial charge in [0.05, 0.1) is 5.02 Å². The van der Waals surface area contributed by atoms with Crippen LogP contribution in [0.1, 0.15) is 18.1 Å². The van der Waals surface area contributed by atoms with E-state index in [2.05, 4.69) is 24.4 Å². The summed E-state index contributed by atoms with van der Waals surface area (Å²) in [5.41, 5.74) is 2.35. The highest BCUT2D eigenvalue weighted by Crippen LogP contribution is 2.28. The predicted octanol–water partition coefficient (Wildman–Crippen LogP) is 4.68. The molecule has 20 heavy (non-hydrogen) atoms. The Hall–Kier alpha value is -1.22. The van der Waals surface area contributed by atoms with Gasteiger partial charge in [-0.05, 0) is 29.8 Å². The molecule has 0 unspecified atom stereocenters. The largest absolute Gasteiger partial charge is 0.487 e. The molecule has 2 rings (SSSR count). The molecule has 0 spiro atoms. The fraction of sp³-hybridized carbons (Fsp3) is 0.250. The van der Waals surface area contributed by atoms with Crippen molar-refractivity contribution in [1.29, 1.82) is 0 Å². The minimum Gasteiger partial charge on any atom is -0.487 e. The number of rotatable bonds is 6. The Labute approximate surface area is 129 Å². The van der Waals surface area contributed by atoms with Gasteiger partial charge in [0, 0.05) is 17.6 Å². The van der Waals surface area contributed by atoms with Crippen LogP contribution >= 0.6 is 23.2 Å². The highest BCUT2D eigenvalue weighted by Gasteiger charge is 2.03. The lowest BCUT2D eigenvalue weighted by Crippen LogP contribution is -2.11. The molecule has 0 atom stereocenters. The van der Waals surface area contributed by atoms with Gasteiger partial charge < -0.3 is 10.1 Å². The summed E-state index contributed by atoms with van der Waals surface area (Å²) in [4.78, 5) is 0. The molecular formula is C16H17Cl2NO. The Kier molecular flexibility index (Phi) is 5.72. The zero-order valence-corrected chi connectivity index (χ0v) is 12.8. The number of ether oxygens (including phenoxy) is 1. The first-order valence-corrected chi connectivity index (χ1v) is 7.31. The molecule has 1 N–H and O–H groups in total. The lowest BCUT2D eigenvalue weighted by atomic mass is 10.1. The first-order chi connectivity index (χ1) is 9.69. The Morgan fingerprint density at radius 3 is 2.65 bits per heavy atom. The summed E-state index contributed by atoms with van der Waals surface area (Å²) in [5.74, 6) is 0.608. The van der Waals surface area contributed by atoms with Gasteiger partial charge in [-0.15, -0.1) is 0 Å². The standard InChI is InChI=1S/C16H17Cl2NO/c1-2-19-10-12-4-3-5-13(8-12)11-20-16-9-14(17)6-7-15(16)18/h3-9,19H,2,10-11H2,1H3.